The van der Waals surface area contributed by atoms with Gasteiger partial charge in [0.25, 0.3) is 0 Å². The van der Waals surface area contributed by atoms with Crippen LogP contribution in [0.1, 0.15) is 109 Å². The Bertz CT molecular complexity index is 3790. The van der Waals surface area contributed by atoms with Crippen LogP contribution in [0.5, 0.6) is 0 Å². The summed E-state index contributed by atoms with van der Waals surface area (Å²) in [5.41, 5.74) is 33.2. The molecule has 0 aliphatic carbocycles. The van der Waals surface area contributed by atoms with Gasteiger partial charge in [-0.25, -0.2) is 4.79 Å². The highest BCUT2D eigenvalue weighted by molar-refractivity contribution is 5.99. The number of H-pyrrole nitrogens is 3. The number of fused-ring (bicyclic) bond motifs is 3. The Labute approximate surface area is 579 Å². The second kappa shape index (κ2) is 39.0. The van der Waals surface area contributed by atoms with E-state index in [1.807, 2.05) is 74.5 Å². The molecule has 100 heavy (non-hydrogen) atoms. The molecule has 0 unspecified atom stereocenters. The molecule has 8 amide bonds. The normalized spacial score (nSPS) is 14.0. The van der Waals surface area contributed by atoms with Gasteiger partial charge in [0.2, 0.25) is 47.3 Å². The number of para-hydroxylation sites is 3. The minimum absolute atomic E-state index is 0.0133. The molecule has 6 rings (SSSR count). The van der Waals surface area contributed by atoms with E-state index in [4.69, 9.17) is 44.9 Å². The fourth-order valence-electron chi connectivity index (χ4n) is 11.6. The van der Waals surface area contributed by atoms with E-state index >= 15 is 14.4 Å². The number of carboxylic acid groups (broad SMARTS) is 1. The Morgan fingerprint density at radius 1 is 0.420 bits per heavy atom. The zero-order valence-corrected chi connectivity index (χ0v) is 57.0. The van der Waals surface area contributed by atoms with E-state index in [-0.39, 0.29) is 121 Å². The lowest BCUT2D eigenvalue weighted by atomic mass is 9.98. The summed E-state index contributed by atoms with van der Waals surface area (Å²) in [6.45, 7) is 7.67. The number of carbonyl (C=O) groups is 9. The standard InChI is InChI=1S/C68H100N22O10/c1-37(2)30-53(87-57(91)45(70)31-39-34-80-46-19-8-5-16-42(39)46)63(97)90-56(38(3)4)64(98)89-55(33-41-36-82-48-21-10-7-18-44(41)48)62(96)84-49(22-11-12-26-69)60(94)88-54(32-40-35-81-47-20-9-6-17-43(40)47)61(95)85-50(23-13-27-77-66(71)72)58(92)83-51(24-14-28-78-67(73)74)59(93)86-52(65(99)100)25-15-29-79-68(75)76/h5-10,16-21,34-38,45,49-56,80-82H,11-15,22-33,69-70H2,1-4H3,(H,83,92)(H,84,96)(H,85,95)(H,86,93)(H,87,91)(H,88,94)(H,89,98)(H,90,97)(H,99,100)(H4,71,72,77)(H4,73,74,78)(H4,75,76,79)/t45-,49-,50-,51-,52-,53-,54-,55-,56-/m0/s1. The number of nitrogens with one attached hydrogen (secondary N) is 17. The molecule has 0 radical (unpaired) electrons. The molecular weight excluding hydrogens is 1280 g/mol. The van der Waals surface area contributed by atoms with Crippen LogP contribution in [0.15, 0.2) is 91.4 Å². The summed E-state index contributed by atoms with van der Waals surface area (Å²) in [6.07, 6.45) is 6.02. The van der Waals surface area contributed by atoms with E-state index in [0.29, 0.717) is 34.9 Å². The molecule has 0 spiro atoms. The van der Waals surface area contributed by atoms with Gasteiger partial charge in [0, 0.05) is 83.8 Å². The number of hydrogen-bond donors (Lipinski definition) is 23. The summed E-state index contributed by atoms with van der Waals surface area (Å²) in [7, 11) is 0. The number of aliphatic carboxylic acids is 1. The molecule has 9 atom stereocenters. The van der Waals surface area contributed by atoms with Crippen LogP contribution in [0.4, 0.5) is 0 Å². The minimum Gasteiger partial charge on any atom is -0.480 e. The van der Waals surface area contributed by atoms with Gasteiger partial charge in [-0.1, -0.05) is 82.3 Å². The van der Waals surface area contributed by atoms with Gasteiger partial charge < -0.3 is 107 Å². The second-order valence-corrected chi connectivity index (χ2v) is 25.7. The van der Waals surface area contributed by atoms with E-state index in [0.717, 1.165) is 27.4 Å². The first-order valence-corrected chi connectivity index (χ1v) is 33.7. The van der Waals surface area contributed by atoms with Crippen LogP contribution in [0, 0.1) is 28.1 Å². The maximum Gasteiger partial charge on any atom is 0.326 e. The van der Waals surface area contributed by atoms with Gasteiger partial charge in [-0.2, -0.15) is 0 Å². The van der Waals surface area contributed by atoms with Gasteiger partial charge in [-0.15, -0.1) is 0 Å². The number of carboxylic acids is 1. The number of carbonyl (C=O) groups excluding carboxylic acids is 8. The average Bonchev–Trinajstić information content (AvgIpc) is 1.35. The molecule has 0 saturated carbocycles. The average molecular weight is 1390 g/mol. The summed E-state index contributed by atoms with van der Waals surface area (Å²) in [5, 5.41) is 65.2. The van der Waals surface area contributed by atoms with Crippen LogP contribution in [0.2, 0.25) is 0 Å². The molecule has 542 valence electrons. The van der Waals surface area contributed by atoms with E-state index in [1.165, 1.54) is 0 Å². The molecule has 32 nitrogen and oxygen atoms in total. The summed E-state index contributed by atoms with van der Waals surface area (Å²) in [6, 6.07) is 10.1. The van der Waals surface area contributed by atoms with Crippen molar-refractivity contribution < 1.29 is 48.3 Å². The van der Waals surface area contributed by atoms with Gasteiger partial charge >= 0.3 is 5.97 Å². The van der Waals surface area contributed by atoms with Crippen LogP contribution in [0.3, 0.4) is 0 Å². The Balaban J connectivity index is 1.29. The van der Waals surface area contributed by atoms with E-state index in [1.54, 1.807) is 44.6 Å². The highest BCUT2D eigenvalue weighted by Crippen LogP contribution is 2.23. The highest BCUT2D eigenvalue weighted by atomic mass is 16.4. The van der Waals surface area contributed by atoms with Gasteiger partial charge in [0.05, 0.1) is 6.04 Å². The molecule has 0 bridgehead atoms. The lowest BCUT2D eigenvalue weighted by Crippen LogP contribution is -2.61. The van der Waals surface area contributed by atoms with Crippen LogP contribution < -0.4 is 87.2 Å². The molecule has 3 heterocycles. The third-order valence-corrected chi connectivity index (χ3v) is 16.9. The second-order valence-electron chi connectivity index (χ2n) is 25.7. The fraction of sp³-hybridized carbons (Fsp3) is 0.471. The van der Waals surface area contributed by atoms with E-state index < -0.39 is 114 Å². The summed E-state index contributed by atoms with van der Waals surface area (Å²) in [5.74, 6) is -9.38. The molecule has 0 fully saturated rings. The van der Waals surface area contributed by atoms with Crippen molar-refractivity contribution in [1.82, 2.24) is 73.4 Å². The molecular formula is C68H100N22O10. The predicted molar refractivity (Wildman–Crippen MR) is 382 cm³/mol. The maximum absolute atomic E-state index is 15.2. The zero-order valence-electron chi connectivity index (χ0n) is 57.0. The minimum atomic E-state index is -1.49. The van der Waals surface area contributed by atoms with E-state index in [2.05, 4.69) is 73.4 Å². The van der Waals surface area contributed by atoms with Crippen LogP contribution in [0.25, 0.3) is 32.7 Å². The highest BCUT2D eigenvalue weighted by Gasteiger charge is 2.37. The molecule has 0 saturated heterocycles. The maximum atomic E-state index is 15.2. The van der Waals surface area contributed by atoms with Crippen LogP contribution >= 0.6 is 0 Å². The molecule has 28 N–H and O–H groups in total. The first-order chi connectivity index (χ1) is 47.7. The van der Waals surface area contributed by atoms with Crippen molar-refractivity contribution in [2.75, 3.05) is 26.2 Å². The topological polar surface area (TPSA) is 555 Å². The van der Waals surface area contributed by atoms with Crippen molar-refractivity contribution in [3.05, 3.63) is 108 Å². The number of amides is 8. The lowest BCUT2D eigenvalue weighted by Gasteiger charge is -2.29. The number of guanidine groups is 3. The fourth-order valence-corrected chi connectivity index (χ4v) is 11.6. The number of aromatic nitrogens is 3. The Hall–Kier alpha value is -10.8. The first-order valence-electron chi connectivity index (χ1n) is 33.7. The van der Waals surface area contributed by atoms with Gasteiger partial charge in [-0.3, -0.25) is 54.6 Å². The number of hydrogen-bond acceptors (Lipinski definition) is 14. The third kappa shape index (κ3) is 24.3. The van der Waals surface area contributed by atoms with Gasteiger partial charge in [0.15, 0.2) is 17.9 Å². The van der Waals surface area contributed by atoms with Crippen molar-refractivity contribution in [1.29, 1.82) is 16.2 Å². The molecule has 32 heteroatoms. The number of aromatic amines is 3. The number of benzene rings is 3. The summed E-state index contributed by atoms with van der Waals surface area (Å²) in [4.78, 5) is 139. The van der Waals surface area contributed by atoms with Crippen LogP contribution in [-0.4, -0.2) is 172 Å². The van der Waals surface area contributed by atoms with E-state index in [9.17, 15) is 33.9 Å². The van der Waals surface area contributed by atoms with Gasteiger partial charge in [-0.05, 0) is 124 Å². The smallest absolute Gasteiger partial charge is 0.326 e. The van der Waals surface area contributed by atoms with Crippen molar-refractivity contribution in [3.8, 4) is 0 Å². The quantitative estimate of drug-likeness (QED) is 0.0137. The monoisotopic (exact) mass is 1380 g/mol. The summed E-state index contributed by atoms with van der Waals surface area (Å²) < 4.78 is 0. The Morgan fingerprint density at radius 3 is 1.13 bits per heavy atom. The molecule has 6 aromatic rings. The SMILES string of the molecule is CC(C)C[C@H](NC(=O)[C@@H](N)Cc1c[nH]c2ccccc12)C(=O)N[C@H](C(=O)N[C@@H](Cc1c[nH]c2ccccc12)C(=O)N[C@@H](CCCCN)C(=O)N[C@@H](Cc1c[nH]c2ccccc12)C(=O)N[C@@H](CCCNC(=N)N)C(=O)N[C@@H](CCCNC(=N)N)C(=O)N[C@@H](CCCNC(=N)N)C(=O)O)C(C)C. The summed E-state index contributed by atoms with van der Waals surface area (Å²) >= 11 is 0. The first kappa shape index (κ1) is 78.2. The predicted octanol–water partition coefficient (Wildman–Crippen LogP) is 0.0696. The zero-order chi connectivity index (χ0) is 73.0. The Kier molecular flexibility index (Phi) is 30.5. The Morgan fingerprint density at radius 2 is 0.750 bits per heavy atom. The van der Waals surface area contributed by atoms with Crippen molar-refractivity contribution in [2.45, 2.75) is 166 Å². The van der Waals surface area contributed by atoms with Gasteiger partial charge in [0.1, 0.15) is 48.3 Å². The van der Waals surface area contributed by atoms with Crippen LogP contribution in [-0.2, 0) is 62.4 Å². The van der Waals surface area contributed by atoms with Crippen molar-refractivity contribution in [3.63, 3.8) is 0 Å². The van der Waals surface area contributed by atoms with Crippen molar-refractivity contribution in [2.24, 2.45) is 40.5 Å². The third-order valence-electron chi connectivity index (χ3n) is 16.9. The largest absolute Gasteiger partial charge is 0.480 e. The number of unbranched alkanes of at least 4 members (excludes halogenated alkanes) is 1. The molecule has 3 aromatic heterocycles. The molecule has 0 aliphatic heterocycles. The molecule has 0 aliphatic rings. The number of nitrogens with two attached hydrogens (primary N) is 5. The lowest BCUT2D eigenvalue weighted by molar-refractivity contribution is -0.142. The van der Waals surface area contributed by atoms with Crippen molar-refractivity contribution >= 4 is 104 Å². The molecule has 3 aromatic carbocycles. The number of rotatable bonds is 42.